The van der Waals surface area contributed by atoms with Crippen LogP contribution in [0.1, 0.15) is 25.3 Å². The van der Waals surface area contributed by atoms with Gasteiger partial charge in [0.15, 0.2) is 0 Å². The highest BCUT2D eigenvalue weighted by Gasteiger charge is 2.20. The Hall–Kier alpha value is -0.643. The molecule has 0 bridgehead atoms. The molecule has 1 heterocycles. The van der Waals surface area contributed by atoms with Crippen LogP contribution in [0.4, 0.5) is 0 Å². The van der Waals surface area contributed by atoms with Crippen LogP contribution in [0.3, 0.4) is 0 Å². The molecule has 0 aliphatic carbocycles. The molecular weight excluding hydrogens is 216 g/mol. The summed E-state index contributed by atoms with van der Waals surface area (Å²) in [5.74, 6) is 0. The summed E-state index contributed by atoms with van der Waals surface area (Å²) in [4.78, 5) is 0. The summed E-state index contributed by atoms with van der Waals surface area (Å²) in [5.41, 5.74) is 1.35. The van der Waals surface area contributed by atoms with E-state index in [2.05, 4.69) is 31.2 Å². The van der Waals surface area contributed by atoms with Gasteiger partial charge in [0.05, 0.1) is 0 Å². The van der Waals surface area contributed by atoms with Crippen molar-refractivity contribution < 1.29 is 8.85 Å². The van der Waals surface area contributed by atoms with Crippen molar-refractivity contribution in [1.82, 2.24) is 0 Å². The zero-order valence-corrected chi connectivity index (χ0v) is 11.0. The first-order valence-corrected chi connectivity index (χ1v) is 7.91. The molecule has 0 spiro atoms. The van der Waals surface area contributed by atoms with E-state index in [-0.39, 0.29) is 6.10 Å². The second kappa shape index (κ2) is 6.18. The molecule has 88 valence electrons. The molecule has 2 rings (SSSR count). The topological polar surface area (TPSA) is 18.5 Å². The summed E-state index contributed by atoms with van der Waals surface area (Å²) in [6.07, 6.45) is 3.78. The zero-order valence-electron chi connectivity index (χ0n) is 9.89. The maximum Gasteiger partial charge on any atom is 0.321 e. The molecule has 16 heavy (non-hydrogen) atoms. The van der Waals surface area contributed by atoms with E-state index in [1.54, 1.807) is 0 Å². The van der Waals surface area contributed by atoms with Gasteiger partial charge in [-0.05, 0) is 37.8 Å². The fourth-order valence-electron chi connectivity index (χ4n) is 2.07. The van der Waals surface area contributed by atoms with E-state index in [0.717, 1.165) is 13.0 Å². The van der Waals surface area contributed by atoms with Crippen molar-refractivity contribution in [1.29, 1.82) is 0 Å². The number of hydrogen-bond donors (Lipinski definition) is 0. The van der Waals surface area contributed by atoms with Crippen LogP contribution in [0.2, 0.25) is 6.04 Å². The molecule has 0 saturated carbocycles. The smallest absolute Gasteiger partial charge is 0.321 e. The second-order valence-electron chi connectivity index (χ2n) is 4.43. The van der Waals surface area contributed by atoms with Crippen LogP contribution in [0, 0.1) is 0 Å². The molecule has 1 aromatic carbocycles. The fourth-order valence-corrected chi connectivity index (χ4v) is 4.12. The molecular formula is C13H20O2Si. The Balaban J connectivity index is 1.77. The molecule has 0 amide bonds. The maximum absolute atomic E-state index is 6.01. The highest BCUT2D eigenvalue weighted by Crippen LogP contribution is 2.15. The molecule has 1 aliphatic heterocycles. The van der Waals surface area contributed by atoms with Gasteiger partial charge in [0.2, 0.25) is 0 Å². The molecule has 2 atom stereocenters. The third kappa shape index (κ3) is 3.74. The van der Waals surface area contributed by atoms with E-state index in [1.807, 2.05) is 6.07 Å². The van der Waals surface area contributed by atoms with Crippen LogP contribution in [0.25, 0.3) is 0 Å². The molecule has 1 aromatic rings. The van der Waals surface area contributed by atoms with Gasteiger partial charge in [-0.2, -0.15) is 0 Å². The average molecular weight is 236 g/mol. The van der Waals surface area contributed by atoms with Gasteiger partial charge in [0, 0.05) is 12.7 Å². The van der Waals surface area contributed by atoms with Crippen molar-refractivity contribution in [2.45, 2.75) is 38.3 Å². The van der Waals surface area contributed by atoms with Crippen LogP contribution in [-0.2, 0) is 15.3 Å². The van der Waals surface area contributed by atoms with Crippen molar-refractivity contribution in [2.24, 2.45) is 0 Å². The third-order valence-corrected chi connectivity index (χ3v) is 5.14. The molecule has 2 nitrogen and oxygen atoms in total. The average Bonchev–Trinajstić information content (AvgIpc) is 2.31. The van der Waals surface area contributed by atoms with Crippen LogP contribution < -0.4 is 0 Å². The van der Waals surface area contributed by atoms with Crippen molar-refractivity contribution in [3.63, 3.8) is 0 Å². The van der Waals surface area contributed by atoms with E-state index in [9.17, 15) is 0 Å². The van der Waals surface area contributed by atoms with Gasteiger partial charge >= 0.3 is 9.28 Å². The highest BCUT2D eigenvalue weighted by molar-refractivity contribution is 6.44. The first-order chi connectivity index (χ1) is 7.84. The van der Waals surface area contributed by atoms with Crippen molar-refractivity contribution in [2.75, 3.05) is 6.61 Å². The van der Waals surface area contributed by atoms with E-state index >= 15 is 0 Å². The molecule has 1 fully saturated rings. The Labute approximate surface area is 99.4 Å². The van der Waals surface area contributed by atoms with Crippen LogP contribution in [0.15, 0.2) is 30.3 Å². The Morgan fingerprint density at radius 3 is 2.81 bits per heavy atom. The summed E-state index contributed by atoms with van der Waals surface area (Å²) in [6, 6.07) is 11.7. The minimum absolute atomic E-state index is 0.289. The summed E-state index contributed by atoms with van der Waals surface area (Å²) >= 11 is 0. The lowest BCUT2D eigenvalue weighted by molar-refractivity contribution is 0.133. The first-order valence-electron chi connectivity index (χ1n) is 6.15. The third-order valence-electron chi connectivity index (χ3n) is 2.89. The Morgan fingerprint density at radius 2 is 2.12 bits per heavy atom. The van der Waals surface area contributed by atoms with E-state index in [4.69, 9.17) is 8.85 Å². The molecule has 2 unspecified atom stereocenters. The monoisotopic (exact) mass is 236 g/mol. The Bertz CT molecular complexity index is 296. The highest BCUT2D eigenvalue weighted by atomic mass is 28.3. The molecule has 1 saturated heterocycles. The van der Waals surface area contributed by atoms with E-state index < -0.39 is 9.28 Å². The molecule has 0 N–H and O–H groups in total. The fraction of sp³-hybridized carbons (Fsp3) is 0.538. The molecule has 1 aliphatic rings. The SMILES string of the molecule is CC(Cc1ccccc1)O[SiH]1CCCCO1. The predicted molar refractivity (Wildman–Crippen MR) is 67.8 cm³/mol. The lowest BCUT2D eigenvalue weighted by Gasteiger charge is -2.24. The van der Waals surface area contributed by atoms with Crippen molar-refractivity contribution >= 4 is 9.28 Å². The van der Waals surface area contributed by atoms with Crippen LogP contribution >= 0.6 is 0 Å². The Morgan fingerprint density at radius 1 is 1.31 bits per heavy atom. The van der Waals surface area contributed by atoms with Gasteiger partial charge in [-0.1, -0.05) is 30.3 Å². The minimum atomic E-state index is -1.33. The van der Waals surface area contributed by atoms with Gasteiger partial charge in [-0.15, -0.1) is 0 Å². The van der Waals surface area contributed by atoms with Gasteiger partial charge in [-0.3, -0.25) is 0 Å². The molecule has 3 heteroatoms. The standard InChI is InChI=1S/C13H20O2Si/c1-12(11-13-7-3-2-4-8-13)15-16-10-6-5-9-14-16/h2-4,7-8,12,16H,5-6,9-11H2,1H3. The first kappa shape index (κ1) is 11.8. The lowest BCUT2D eigenvalue weighted by atomic mass is 10.1. The lowest BCUT2D eigenvalue weighted by Crippen LogP contribution is -2.31. The van der Waals surface area contributed by atoms with E-state index in [0.29, 0.717) is 0 Å². The van der Waals surface area contributed by atoms with Crippen molar-refractivity contribution in [3.8, 4) is 0 Å². The maximum atomic E-state index is 6.01. The van der Waals surface area contributed by atoms with Crippen LogP contribution in [0.5, 0.6) is 0 Å². The number of hydrogen-bond acceptors (Lipinski definition) is 2. The zero-order chi connectivity index (χ0) is 11.2. The summed E-state index contributed by atoms with van der Waals surface area (Å²) < 4.78 is 11.7. The normalized spacial score (nSPS) is 22.9. The summed E-state index contributed by atoms with van der Waals surface area (Å²) in [7, 11) is -1.33. The Kier molecular flexibility index (Phi) is 4.57. The molecule has 0 radical (unpaired) electrons. The number of rotatable bonds is 4. The van der Waals surface area contributed by atoms with Gasteiger partial charge in [-0.25, -0.2) is 0 Å². The van der Waals surface area contributed by atoms with Crippen LogP contribution in [-0.4, -0.2) is 22.0 Å². The summed E-state index contributed by atoms with van der Waals surface area (Å²) in [6.45, 7) is 3.06. The van der Waals surface area contributed by atoms with Crippen molar-refractivity contribution in [3.05, 3.63) is 35.9 Å². The number of benzene rings is 1. The minimum Gasteiger partial charge on any atom is -0.397 e. The van der Waals surface area contributed by atoms with E-state index in [1.165, 1.54) is 24.4 Å². The van der Waals surface area contributed by atoms with Gasteiger partial charge in [0.1, 0.15) is 0 Å². The second-order valence-corrected chi connectivity index (χ2v) is 6.47. The molecule has 0 aromatic heterocycles. The quantitative estimate of drug-likeness (QED) is 0.748. The predicted octanol–water partition coefficient (Wildman–Crippen LogP) is 2.67. The van der Waals surface area contributed by atoms with Gasteiger partial charge in [0.25, 0.3) is 0 Å². The van der Waals surface area contributed by atoms with Gasteiger partial charge < -0.3 is 8.85 Å². The largest absolute Gasteiger partial charge is 0.397 e. The summed E-state index contributed by atoms with van der Waals surface area (Å²) in [5, 5.41) is 0.